The molecule has 1 aliphatic heterocycles. The molecule has 0 aliphatic carbocycles. The van der Waals surface area contributed by atoms with E-state index in [-0.39, 0.29) is 36.4 Å². The van der Waals surface area contributed by atoms with Crippen LogP contribution in [0, 0.1) is 5.92 Å². The van der Waals surface area contributed by atoms with Crippen molar-refractivity contribution in [3.05, 3.63) is 0 Å². The Kier molecular flexibility index (Phi) is 12.4. The zero-order chi connectivity index (χ0) is 18.1. The number of carbonyl (C=O) groups is 1. The molecule has 0 aromatic rings. The molecule has 0 aromatic carbocycles. The fourth-order valence-corrected chi connectivity index (χ4v) is 2.83. The van der Waals surface area contributed by atoms with Crippen LogP contribution < -0.4 is 10.6 Å². The number of hydrogen-bond acceptors (Lipinski definition) is 3. The Morgan fingerprint density at radius 1 is 1.32 bits per heavy atom. The summed E-state index contributed by atoms with van der Waals surface area (Å²) in [5.74, 6) is 1.45. The molecule has 0 radical (unpaired) electrons. The molecule has 2 N–H and O–H groups in total. The minimum absolute atomic E-state index is 0. The van der Waals surface area contributed by atoms with E-state index in [9.17, 15) is 4.79 Å². The van der Waals surface area contributed by atoms with Crippen molar-refractivity contribution in [2.45, 2.75) is 59.0 Å². The first kappa shape index (κ1) is 24.4. The van der Waals surface area contributed by atoms with Crippen LogP contribution in [0.2, 0.25) is 0 Å². The van der Waals surface area contributed by atoms with E-state index in [0.29, 0.717) is 18.0 Å². The van der Waals surface area contributed by atoms with Crippen molar-refractivity contribution in [3.63, 3.8) is 0 Å². The molecule has 25 heavy (non-hydrogen) atoms. The number of hydrogen-bond donors (Lipinski definition) is 2. The number of halogens is 1. The van der Waals surface area contributed by atoms with Gasteiger partial charge in [0.15, 0.2) is 5.96 Å². The number of nitrogens with zero attached hydrogens (tertiary/aromatic N) is 3. The molecule has 1 rings (SSSR count). The Balaban J connectivity index is 0.00000576. The summed E-state index contributed by atoms with van der Waals surface area (Å²) in [5, 5.41) is 6.84. The van der Waals surface area contributed by atoms with E-state index in [1.165, 1.54) is 19.4 Å². The van der Waals surface area contributed by atoms with Gasteiger partial charge in [-0.25, -0.2) is 4.99 Å². The lowest BCUT2D eigenvalue weighted by Crippen LogP contribution is -2.48. The third-order valence-electron chi connectivity index (χ3n) is 4.47. The first-order valence-electron chi connectivity index (χ1n) is 9.32. The van der Waals surface area contributed by atoms with Crippen LogP contribution in [0.1, 0.15) is 47.0 Å². The van der Waals surface area contributed by atoms with Crippen LogP contribution in [0.25, 0.3) is 0 Å². The quantitative estimate of drug-likeness (QED) is 0.326. The maximum atomic E-state index is 11.8. The smallest absolute Gasteiger partial charge is 0.243 e. The molecule has 1 amide bonds. The van der Waals surface area contributed by atoms with Crippen molar-refractivity contribution in [1.29, 1.82) is 0 Å². The summed E-state index contributed by atoms with van der Waals surface area (Å²) in [6.45, 7) is 12.2. The number of amides is 1. The summed E-state index contributed by atoms with van der Waals surface area (Å²) in [6.07, 6.45) is 3.52. The van der Waals surface area contributed by atoms with Crippen molar-refractivity contribution < 1.29 is 4.79 Å². The summed E-state index contributed by atoms with van der Waals surface area (Å²) in [5.41, 5.74) is 0. The summed E-state index contributed by atoms with van der Waals surface area (Å²) in [6, 6.07) is 0.891. The number of carbonyl (C=O) groups excluding carboxylic acids is 1. The molecule has 2 atom stereocenters. The van der Waals surface area contributed by atoms with E-state index >= 15 is 0 Å². The van der Waals surface area contributed by atoms with Gasteiger partial charge < -0.3 is 15.5 Å². The fraction of sp³-hybridized carbons (Fsp3) is 0.889. The van der Waals surface area contributed by atoms with Gasteiger partial charge in [-0.05, 0) is 38.6 Å². The normalized spacial score (nSPS) is 19.5. The van der Waals surface area contributed by atoms with Crippen molar-refractivity contribution in [2.75, 3.05) is 40.3 Å². The topological polar surface area (TPSA) is 60.0 Å². The lowest BCUT2D eigenvalue weighted by Gasteiger charge is -2.27. The van der Waals surface area contributed by atoms with Crippen LogP contribution in [0.3, 0.4) is 0 Å². The largest absolute Gasteiger partial charge is 0.355 e. The molecule has 0 spiro atoms. The van der Waals surface area contributed by atoms with Crippen molar-refractivity contribution >= 4 is 35.8 Å². The van der Waals surface area contributed by atoms with Gasteiger partial charge in [-0.3, -0.25) is 9.69 Å². The van der Waals surface area contributed by atoms with Gasteiger partial charge >= 0.3 is 0 Å². The third kappa shape index (κ3) is 9.63. The molecular weight excluding hydrogens is 429 g/mol. The van der Waals surface area contributed by atoms with Gasteiger partial charge in [0.2, 0.25) is 5.91 Å². The molecule has 1 aliphatic rings. The molecule has 1 saturated heterocycles. The van der Waals surface area contributed by atoms with Crippen LogP contribution in [0.15, 0.2) is 4.99 Å². The van der Waals surface area contributed by atoms with Crippen molar-refractivity contribution in [2.24, 2.45) is 10.9 Å². The Morgan fingerprint density at radius 2 is 2.00 bits per heavy atom. The van der Waals surface area contributed by atoms with E-state index in [4.69, 9.17) is 0 Å². The van der Waals surface area contributed by atoms with Crippen molar-refractivity contribution in [3.8, 4) is 0 Å². The van der Waals surface area contributed by atoms with Crippen LogP contribution in [-0.2, 0) is 4.79 Å². The average molecular weight is 467 g/mol. The summed E-state index contributed by atoms with van der Waals surface area (Å²) < 4.78 is 0. The fourth-order valence-electron chi connectivity index (χ4n) is 2.83. The number of nitrogens with one attached hydrogen (secondary N) is 2. The highest BCUT2D eigenvalue weighted by atomic mass is 127. The number of likely N-dealkylation sites (N-methyl/N-ethyl adjacent to an activating group) is 1. The minimum Gasteiger partial charge on any atom is -0.355 e. The van der Waals surface area contributed by atoms with Gasteiger partial charge in [-0.1, -0.05) is 20.8 Å². The second-order valence-corrected chi connectivity index (χ2v) is 7.47. The van der Waals surface area contributed by atoms with Crippen LogP contribution in [0.4, 0.5) is 0 Å². The number of rotatable bonds is 8. The number of guanidine groups is 1. The second-order valence-electron chi connectivity index (χ2n) is 7.47. The Bertz CT molecular complexity index is 414. The average Bonchev–Trinajstić information content (AvgIpc) is 2.95. The number of aliphatic imine (C=N–C) groups is 1. The number of likely N-dealkylation sites (tertiary alicyclic amines) is 1. The molecule has 1 unspecified atom stereocenters. The third-order valence-corrected chi connectivity index (χ3v) is 4.47. The van der Waals surface area contributed by atoms with Gasteiger partial charge in [0.25, 0.3) is 0 Å². The second kappa shape index (κ2) is 12.7. The van der Waals surface area contributed by atoms with E-state index < -0.39 is 0 Å². The molecule has 0 saturated carbocycles. The highest BCUT2D eigenvalue weighted by Gasteiger charge is 2.25. The predicted molar refractivity (Wildman–Crippen MR) is 117 cm³/mol. The van der Waals surface area contributed by atoms with E-state index in [0.717, 1.165) is 25.5 Å². The van der Waals surface area contributed by atoms with Gasteiger partial charge in [-0.2, -0.15) is 0 Å². The Labute approximate surface area is 171 Å². The lowest BCUT2D eigenvalue weighted by molar-refractivity contribution is -0.127. The molecule has 0 bridgehead atoms. The molecule has 148 valence electrons. The van der Waals surface area contributed by atoms with Gasteiger partial charge in [-0.15, -0.1) is 24.0 Å². The Morgan fingerprint density at radius 3 is 2.56 bits per heavy atom. The van der Waals surface area contributed by atoms with E-state index in [1.54, 1.807) is 19.0 Å². The van der Waals surface area contributed by atoms with Crippen LogP contribution in [0.5, 0.6) is 0 Å². The summed E-state index contributed by atoms with van der Waals surface area (Å²) in [4.78, 5) is 20.4. The summed E-state index contributed by atoms with van der Waals surface area (Å²) in [7, 11) is 3.52. The van der Waals surface area contributed by atoms with Crippen LogP contribution in [-0.4, -0.2) is 74.0 Å². The maximum Gasteiger partial charge on any atom is 0.243 e. The highest BCUT2D eigenvalue weighted by Crippen LogP contribution is 2.17. The van der Waals surface area contributed by atoms with Gasteiger partial charge in [0.1, 0.15) is 6.54 Å². The summed E-state index contributed by atoms with van der Waals surface area (Å²) >= 11 is 0. The molecule has 6 nitrogen and oxygen atoms in total. The predicted octanol–water partition coefficient (Wildman–Crippen LogP) is 2.15. The Hall–Kier alpha value is -0.570. The van der Waals surface area contributed by atoms with Crippen LogP contribution >= 0.6 is 24.0 Å². The lowest BCUT2D eigenvalue weighted by atomic mass is 10.1. The van der Waals surface area contributed by atoms with Gasteiger partial charge in [0, 0.05) is 39.3 Å². The van der Waals surface area contributed by atoms with Crippen molar-refractivity contribution in [1.82, 2.24) is 20.4 Å². The molecular formula is C18H38IN5O. The minimum atomic E-state index is 0. The molecule has 1 fully saturated rings. The SMILES string of the molecule is CCC(C)NC(=NCC(=O)N(C)C)NC[C@H]1CCCN1CC(C)C.I. The first-order chi connectivity index (χ1) is 11.3. The molecule has 7 heteroatoms. The van der Waals surface area contributed by atoms with Gasteiger partial charge in [0.05, 0.1) is 0 Å². The van der Waals surface area contributed by atoms with E-state index in [2.05, 4.69) is 48.2 Å². The standard InChI is InChI=1S/C18H37N5O.HI/c1-7-15(4)21-18(20-12-17(24)22(5)6)19-11-16-9-8-10-23(16)13-14(2)3;/h14-16H,7-13H2,1-6H3,(H2,19,20,21);1H/t15?,16-;/m1./s1. The molecule has 0 aromatic heterocycles. The zero-order valence-corrected chi connectivity index (χ0v) is 19.2. The monoisotopic (exact) mass is 467 g/mol. The van der Waals surface area contributed by atoms with E-state index in [1.807, 2.05) is 0 Å². The molecule has 1 heterocycles. The zero-order valence-electron chi connectivity index (χ0n) is 16.8. The maximum absolute atomic E-state index is 11.8. The highest BCUT2D eigenvalue weighted by molar-refractivity contribution is 14.0. The first-order valence-corrected chi connectivity index (χ1v) is 9.32.